The molecule has 0 aliphatic rings. The Kier molecular flexibility index (Phi) is 6.97. The van der Waals surface area contributed by atoms with Crippen LogP contribution in [-0.4, -0.2) is 48.1 Å². The molecule has 0 saturated carbocycles. The van der Waals surface area contributed by atoms with Crippen molar-refractivity contribution in [3.05, 3.63) is 10.8 Å². The first-order valence-electron chi connectivity index (χ1n) is 6.37. The maximum atomic E-state index is 4.23. The number of anilines is 2. The first-order chi connectivity index (χ1) is 8.72. The standard InChI is InChI=1S/C12H22BrN5/c1-4-7-18(5-2)8-6-15-12-10(13)11(14-3)16-9-17-12/h9H,4-8H2,1-3H3,(H2,14,15,16,17). The normalized spacial score (nSPS) is 10.7. The number of halogens is 1. The first-order valence-corrected chi connectivity index (χ1v) is 7.16. The van der Waals surface area contributed by atoms with Gasteiger partial charge in [-0.15, -0.1) is 0 Å². The maximum absolute atomic E-state index is 4.23. The highest BCUT2D eigenvalue weighted by atomic mass is 79.9. The van der Waals surface area contributed by atoms with Gasteiger partial charge in [0, 0.05) is 20.1 Å². The van der Waals surface area contributed by atoms with Gasteiger partial charge in [0.2, 0.25) is 0 Å². The minimum atomic E-state index is 0.799. The lowest BCUT2D eigenvalue weighted by Crippen LogP contribution is -2.29. The average Bonchev–Trinajstić information content (AvgIpc) is 2.39. The third-order valence-corrected chi connectivity index (χ3v) is 3.48. The number of hydrogen-bond donors (Lipinski definition) is 2. The molecule has 0 amide bonds. The Labute approximate surface area is 118 Å². The predicted molar refractivity (Wildman–Crippen MR) is 80.2 cm³/mol. The van der Waals surface area contributed by atoms with E-state index in [4.69, 9.17) is 0 Å². The maximum Gasteiger partial charge on any atom is 0.145 e. The van der Waals surface area contributed by atoms with E-state index in [1.54, 1.807) is 6.33 Å². The smallest absolute Gasteiger partial charge is 0.145 e. The van der Waals surface area contributed by atoms with Crippen LogP contribution in [0.3, 0.4) is 0 Å². The van der Waals surface area contributed by atoms with Crippen molar-refractivity contribution in [2.24, 2.45) is 0 Å². The fourth-order valence-electron chi connectivity index (χ4n) is 1.74. The van der Waals surface area contributed by atoms with Crippen LogP contribution >= 0.6 is 15.9 Å². The first kappa shape index (κ1) is 15.2. The predicted octanol–water partition coefficient (Wildman–Crippen LogP) is 2.42. The number of rotatable bonds is 8. The molecule has 5 nitrogen and oxygen atoms in total. The second kappa shape index (κ2) is 8.26. The van der Waals surface area contributed by atoms with Crippen LogP contribution in [0.15, 0.2) is 10.8 Å². The Hall–Kier alpha value is -0.880. The molecule has 0 aliphatic carbocycles. The van der Waals surface area contributed by atoms with Crippen LogP contribution in [0.25, 0.3) is 0 Å². The van der Waals surface area contributed by atoms with E-state index in [0.717, 1.165) is 42.3 Å². The van der Waals surface area contributed by atoms with Crippen molar-refractivity contribution < 1.29 is 0 Å². The molecule has 0 saturated heterocycles. The third-order valence-electron chi connectivity index (χ3n) is 2.73. The molecule has 1 aromatic heterocycles. The molecule has 0 fully saturated rings. The molecule has 1 heterocycles. The number of nitrogens with zero attached hydrogens (tertiary/aromatic N) is 3. The van der Waals surface area contributed by atoms with Gasteiger partial charge in [-0.3, -0.25) is 0 Å². The molecular formula is C12H22BrN5. The van der Waals surface area contributed by atoms with Crippen LogP contribution < -0.4 is 10.6 Å². The quantitative estimate of drug-likeness (QED) is 0.771. The van der Waals surface area contributed by atoms with Gasteiger partial charge < -0.3 is 15.5 Å². The van der Waals surface area contributed by atoms with Gasteiger partial charge in [0.15, 0.2) is 0 Å². The van der Waals surface area contributed by atoms with Gasteiger partial charge in [-0.2, -0.15) is 0 Å². The van der Waals surface area contributed by atoms with E-state index in [9.17, 15) is 0 Å². The van der Waals surface area contributed by atoms with Crippen molar-refractivity contribution in [2.75, 3.05) is 43.9 Å². The molecule has 0 spiro atoms. The molecule has 18 heavy (non-hydrogen) atoms. The topological polar surface area (TPSA) is 53.1 Å². The summed E-state index contributed by atoms with van der Waals surface area (Å²) in [6.45, 7) is 8.53. The molecule has 6 heteroatoms. The number of aromatic nitrogens is 2. The van der Waals surface area contributed by atoms with E-state index < -0.39 is 0 Å². The van der Waals surface area contributed by atoms with E-state index in [1.807, 2.05) is 7.05 Å². The lowest BCUT2D eigenvalue weighted by Gasteiger charge is -2.20. The Bertz CT molecular complexity index is 358. The number of likely N-dealkylation sites (N-methyl/N-ethyl adjacent to an activating group) is 1. The molecule has 1 aromatic rings. The zero-order valence-electron chi connectivity index (χ0n) is 11.3. The average molecular weight is 316 g/mol. The Morgan fingerprint density at radius 3 is 2.56 bits per heavy atom. The fourth-order valence-corrected chi connectivity index (χ4v) is 2.29. The van der Waals surface area contributed by atoms with Crippen LogP contribution in [0.2, 0.25) is 0 Å². The van der Waals surface area contributed by atoms with E-state index in [2.05, 4.69) is 55.3 Å². The summed E-state index contributed by atoms with van der Waals surface area (Å²) < 4.78 is 0.881. The summed E-state index contributed by atoms with van der Waals surface area (Å²) in [6.07, 6.45) is 2.75. The minimum absolute atomic E-state index is 0.799. The van der Waals surface area contributed by atoms with Crippen LogP contribution in [0, 0.1) is 0 Å². The summed E-state index contributed by atoms with van der Waals surface area (Å²) in [5.74, 6) is 1.63. The van der Waals surface area contributed by atoms with Gasteiger partial charge in [0.1, 0.15) is 22.4 Å². The summed E-state index contributed by atoms with van der Waals surface area (Å²) in [5.41, 5.74) is 0. The molecule has 0 atom stereocenters. The minimum Gasteiger partial charge on any atom is -0.372 e. The summed E-state index contributed by atoms with van der Waals surface area (Å²) in [5, 5.41) is 6.35. The number of hydrogen-bond acceptors (Lipinski definition) is 5. The summed E-state index contributed by atoms with van der Waals surface area (Å²) in [7, 11) is 1.84. The Morgan fingerprint density at radius 2 is 1.94 bits per heavy atom. The molecule has 0 unspecified atom stereocenters. The largest absolute Gasteiger partial charge is 0.372 e. The van der Waals surface area contributed by atoms with Gasteiger partial charge in [-0.1, -0.05) is 13.8 Å². The van der Waals surface area contributed by atoms with Crippen LogP contribution in [-0.2, 0) is 0 Å². The van der Waals surface area contributed by atoms with Crippen LogP contribution in [0.4, 0.5) is 11.6 Å². The van der Waals surface area contributed by atoms with Crippen molar-refractivity contribution in [2.45, 2.75) is 20.3 Å². The van der Waals surface area contributed by atoms with Gasteiger partial charge in [0.25, 0.3) is 0 Å². The van der Waals surface area contributed by atoms with E-state index >= 15 is 0 Å². The molecule has 0 bridgehead atoms. The Morgan fingerprint density at radius 1 is 1.22 bits per heavy atom. The monoisotopic (exact) mass is 315 g/mol. The lowest BCUT2D eigenvalue weighted by atomic mass is 10.4. The zero-order valence-corrected chi connectivity index (χ0v) is 12.9. The second-order valence-corrected chi connectivity index (χ2v) is 4.79. The highest BCUT2D eigenvalue weighted by Gasteiger charge is 2.07. The fraction of sp³-hybridized carbons (Fsp3) is 0.667. The lowest BCUT2D eigenvalue weighted by molar-refractivity contribution is 0.300. The second-order valence-electron chi connectivity index (χ2n) is 4.00. The van der Waals surface area contributed by atoms with Gasteiger partial charge in [0.05, 0.1) is 0 Å². The molecular weight excluding hydrogens is 294 g/mol. The zero-order chi connectivity index (χ0) is 13.4. The van der Waals surface area contributed by atoms with Crippen molar-refractivity contribution in [3.63, 3.8) is 0 Å². The van der Waals surface area contributed by atoms with E-state index in [0.29, 0.717) is 0 Å². The molecule has 102 valence electrons. The molecule has 0 aliphatic heterocycles. The molecule has 2 N–H and O–H groups in total. The highest BCUT2D eigenvalue weighted by molar-refractivity contribution is 9.10. The van der Waals surface area contributed by atoms with Gasteiger partial charge in [-0.25, -0.2) is 9.97 Å². The van der Waals surface area contributed by atoms with Gasteiger partial charge >= 0.3 is 0 Å². The van der Waals surface area contributed by atoms with E-state index in [-0.39, 0.29) is 0 Å². The SMILES string of the molecule is CCCN(CC)CCNc1ncnc(NC)c1Br. The van der Waals surface area contributed by atoms with Crippen molar-refractivity contribution in [3.8, 4) is 0 Å². The van der Waals surface area contributed by atoms with Crippen molar-refractivity contribution in [1.82, 2.24) is 14.9 Å². The summed E-state index contributed by atoms with van der Waals surface area (Å²) in [4.78, 5) is 10.8. The highest BCUT2D eigenvalue weighted by Crippen LogP contribution is 2.25. The summed E-state index contributed by atoms with van der Waals surface area (Å²) in [6, 6.07) is 0. The third kappa shape index (κ3) is 4.42. The van der Waals surface area contributed by atoms with Crippen LogP contribution in [0.1, 0.15) is 20.3 Å². The Balaban J connectivity index is 2.48. The van der Waals surface area contributed by atoms with E-state index in [1.165, 1.54) is 6.42 Å². The molecule has 0 aromatic carbocycles. The van der Waals surface area contributed by atoms with Crippen molar-refractivity contribution in [1.29, 1.82) is 0 Å². The number of nitrogens with one attached hydrogen (secondary N) is 2. The summed E-state index contributed by atoms with van der Waals surface area (Å²) >= 11 is 3.49. The van der Waals surface area contributed by atoms with Crippen molar-refractivity contribution >= 4 is 27.6 Å². The molecule has 1 rings (SSSR count). The van der Waals surface area contributed by atoms with Gasteiger partial charge in [-0.05, 0) is 35.4 Å². The van der Waals surface area contributed by atoms with Crippen LogP contribution in [0.5, 0.6) is 0 Å². The molecule has 0 radical (unpaired) electrons.